The zero-order chi connectivity index (χ0) is 21.1. The van der Waals surface area contributed by atoms with Gasteiger partial charge in [0.2, 0.25) is 0 Å². The van der Waals surface area contributed by atoms with Crippen LogP contribution in [0.5, 0.6) is 0 Å². The molecule has 150 valence electrons. The number of aromatic nitrogens is 2. The quantitative estimate of drug-likeness (QED) is 0.723. The lowest BCUT2D eigenvalue weighted by molar-refractivity contribution is 0.0827. The largest absolute Gasteiger partial charge is 0.345 e. The maximum Gasteiger partial charge on any atom is 0.276 e. The molecule has 1 heterocycles. The van der Waals surface area contributed by atoms with Crippen molar-refractivity contribution in [2.75, 3.05) is 19.4 Å². The van der Waals surface area contributed by atoms with Gasteiger partial charge in [-0.2, -0.15) is 5.10 Å². The van der Waals surface area contributed by atoms with Crippen molar-refractivity contribution in [2.24, 2.45) is 5.92 Å². The highest BCUT2D eigenvalue weighted by atomic mass is 16.2. The highest BCUT2D eigenvalue weighted by molar-refractivity contribution is 6.11. The third kappa shape index (κ3) is 4.34. The molecule has 0 saturated carbocycles. The smallest absolute Gasteiger partial charge is 0.276 e. The van der Waals surface area contributed by atoms with Gasteiger partial charge in [0, 0.05) is 37.3 Å². The maximum atomic E-state index is 12.9. The van der Waals surface area contributed by atoms with Crippen LogP contribution in [-0.4, -0.2) is 40.6 Å². The van der Waals surface area contributed by atoms with E-state index in [1.165, 1.54) is 9.58 Å². The van der Waals surface area contributed by atoms with Crippen molar-refractivity contribution < 1.29 is 9.59 Å². The summed E-state index contributed by atoms with van der Waals surface area (Å²) in [5.41, 5.74) is 1.05. The molecule has 0 unspecified atom stereocenters. The van der Waals surface area contributed by atoms with Gasteiger partial charge in [-0.05, 0) is 36.2 Å². The lowest BCUT2D eigenvalue weighted by atomic mass is 10.1. The number of carbonyl (C=O) groups excluding carboxylic acids is 2. The molecule has 0 radical (unpaired) electrons. The Balaban J connectivity index is 1.95. The third-order valence-electron chi connectivity index (χ3n) is 4.42. The lowest BCUT2D eigenvalue weighted by Crippen LogP contribution is -2.29. The van der Waals surface area contributed by atoms with E-state index in [0.717, 1.165) is 0 Å². The molecule has 0 atom stereocenters. The van der Waals surface area contributed by atoms with Crippen molar-refractivity contribution in [3.63, 3.8) is 0 Å². The molecule has 0 bridgehead atoms. The van der Waals surface area contributed by atoms with Gasteiger partial charge in [-0.1, -0.05) is 32.0 Å². The number of nitrogens with one attached hydrogen (secondary N) is 1. The molecular formula is C22H24N4O3. The van der Waals surface area contributed by atoms with E-state index in [4.69, 9.17) is 0 Å². The molecule has 0 saturated heterocycles. The number of hydrogen-bond acceptors (Lipinski definition) is 4. The first-order valence-electron chi connectivity index (χ1n) is 9.41. The van der Waals surface area contributed by atoms with Crippen LogP contribution in [0.1, 0.15) is 34.7 Å². The van der Waals surface area contributed by atoms with E-state index in [1.807, 2.05) is 13.8 Å². The zero-order valence-corrected chi connectivity index (χ0v) is 17.0. The summed E-state index contributed by atoms with van der Waals surface area (Å²) < 4.78 is 1.35. The summed E-state index contributed by atoms with van der Waals surface area (Å²) in [7, 11) is 3.36. The maximum absolute atomic E-state index is 12.9. The van der Waals surface area contributed by atoms with Crippen molar-refractivity contribution in [1.29, 1.82) is 0 Å². The molecule has 29 heavy (non-hydrogen) atoms. The van der Waals surface area contributed by atoms with E-state index in [1.54, 1.807) is 62.6 Å². The summed E-state index contributed by atoms with van der Waals surface area (Å²) >= 11 is 0. The molecule has 7 nitrogen and oxygen atoms in total. The van der Waals surface area contributed by atoms with Gasteiger partial charge >= 0.3 is 0 Å². The number of rotatable bonds is 5. The van der Waals surface area contributed by atoms with Crippen LogP contribution in [0.2, 0.25) is 0 Å². The van der Waals surface area contributed by atoms with Crippen LogP contribution in [-0.2, 0) is 6.54 Å². The Morgan fingerprint density at radius 2 is 1.66 bits per heavy atom. The Morgan fingerprint density at radius 3 is 2.24 bits per heavy atom. The van der Waals surface area contributed by atoms with Gasteiger partial charge in [-0.3, -0.25) is 14.4 Å². The zero-order valence-electron chi connectivity index (χ0n) is 17.0. The summed E-state index contributed by atoms with van der Waals surface area (Å²) in [6, 6.07) is 13.6. The molecular weight excluding hydrogens is 368 g/mol. The van der Waals surface area contributed by atoms with Crippen LogP contribution < -0.4 is 10.9 Å². The average Bonchev–Trinajstić information content (AvgIpc) is 2.69. The molecule has 0 fully saturated rings. The molecule has 1 N–H and O–H groups in total. The molecule has 7 heteroatoms. The van der Waals surface area contributed by atoms with Crippen LogP contribution in [0.25, 0.3) is 10.8 Å². The van der Waals surface area contributed by atoms with Crippen LogP contribution in [0.3, 0.4) is 0 Å². The number of anilines is 1. The first kappa shape index (κ1) is 20.3. The fraction of sp³-hybridized carbons (Fsp3) is 0.273. The number of nitrogens with zero attached hydrogens (tertiary/aromatic N) is 3. The van der Waals surface area contributed by atoms with Crippen molar-refractivity contribution in [1.82, 2.24) is 14.7 Å². The topological polar surface area (TPSA) is 84.3 Å². The van der Waals surface area contributed by atoms with Crippen molar-refractivity contribution >= 4 is 28.3 Å². The molecule has 3 rings (SSSR count). The second-order valence-corrected chi connectivity index (χ2v) is 7.51. The third-order valence-corrected chi connectivity index (χ3v) is 4.42. The Labute approximate surface area is 169 Å². The predicted octanol–water partition coefficient (Wildman–Crippen LogP) is 3.01. The summed E-state index contributed by atoms with van der Waals surface area (Å²) in [6.45, 7) is 4.39. The molecule has 2 aromatic carbocycles. The SMILES string of the molecule is CC(C)Cn1nc(C(=O)Nc2ccc(C(=O)N(C)C)cc2)c2ccccc2c1=O. The standard InChI is InChI=1S/C22H24N4O3/c1-14(2)13-26-22(29)18-8-6-5-7-17(18)19(24-26)20(27)23-16-11-9-15(10-12-16)21(28)25(3)4/h5-12,14H,13H2,1-4H3,(H,23,27). The summed E-state index contributed by atoms with van der Waals surface area (Å²) in [6.07, 6.45) is 0. The lowest BCUT2D eigenvalue weighted by Gasteiger charge is -2.13. The molecule has 2 amide bonds. The second kappa shape index (κ2) is 8.26. The van der Waals surface area contributed by atoms with Crippen molar-refractivity contribution in [3.8, 4) is 0 Å². The minimum atomic E-state index is -0.412. The second-order valence-electron chi connectivity index (χ2n) is 7.51. The fourth-order valence-electron chi connectivity index (χ4n) is 3.02. The van der Waals surface area contributed by atoms with Gasteiger partial charge in [0.1, 0.15) is 0 Å². The Morgan fingerprint density at radius 1 is 1.03 bits per heavy atom. The summed E-state index contributed by atoms with van der Waals surface area (Å²) in [5, 5.41) is 8.11. The van der Waals surface area contributed by atoms with Gasteiger partial charge in [0.25, 0.3) is 17.4 Å². The van der Waals surface area contributed by atoms with Crippen LogP contribution in [0, 0.1) is 5.92 Å². The van der Waals surface area contributed by atoms with E-state index in [2.05, 4.69) is 10.4 Å². The van der Waals surface area contributed by atoms with Crippen LogP contribution >= 0.6 is 0 Å². The highest BCUT2D eigenvalue weighted by Crippen LogP contribution is 2.17. The molecule has 0 aliphatic carbocycles. The van der Waals surface area contributed by atoms with Crippen LogP contribution in [0.15, 0.2) is 53.3 Å². The molecule has 3 aromatic rings. The summed E-state index contributed by atoms with van der Waals surface area (Å²) in [5.74, 6) is -0.319. The average molecular weight is 392 g/mol. The monoisotopic (exact) mass is 392 g/mol. The molecule has 0 spiro atoms. The highest BCUT2D eigenvalue weighted by Gasteiger charge is 2.17. The summed E-state index contributed by atoms with van der Waals surface area (Å²) in [4.78, 5) is 39.1. The number of carbonyl (C=O) groups is 2. The number of amides is 2. The first-order valence-corrected chi connectivity index (χ1v) is 9.41. The fourth-order valence-corrected chi connectivity index (χ4v) is 3.02. The normalized spacial score (nSPS) is 10.9. The minimum absolute atomic E-state index is 0.115. The first-order chi connectivity index (χ1) is 13.8. The number of hydrogen-bond donors (Lipinski definition) is 1. The Kier molecular flexibility index (Phi) is 5.77. The van der Waals surface area contributed by atoms with E-state index < -0.39 is 5.91 Å². The van der Waals surface area contributed by atoms with E-state index >= 15 is 0 Å². The molecule has 0 aliphatic rings. The van der Waals surface area contributed by atoms with Gasteiger partial charge in [-0.25, -0.2) is 4.68 Å². The van der Waals surface area contributed by atoms with E-state index in [0.29, 0.717) is 28.6 Å². The Hall–Kier alpha value is -3.48. The van der Waals surface area contributed by atoms with Gasteiger partial charge in [-0.15, -0.1) is 0 Å². The predicted molar refractivity (Wildman–Crippen MR) is 113 cm³/mol. The van der Waals surface area contributed by atoms with Gasteiger partial charge < -0.3 is 10.2 Å². The van der Waals surface area contributed by atoms with Crippen molar-refractivity contribution in [3.05, 3.63) is 70.1 Å². The molecule has 0 aliphatic heterocycles. The van der Waals surface area contributed by atoms with Crippen molar-refractivity contribution in [2.45, 2.75) is 20.4 Å². The minimum Gasteiger partial charge on any atom is -0.345 e. The molecule has 1 aromatic heterocycles. The van der Waals surface area contributed by atoms with Gasteiger partial charge in [0.05, 0.1) is 5.39 Å². The number of fused-ring (bicyclic) bond motifs is 1. The van der Waals surface area contributed by atoms with Gasteiger partial charge in [0.15, 0.2) is 5.69 Å². The van der Waals surface area contributed by atoms with E-state index in [9.17, 15) is 14.4 Å². The number of benzene rings is 2. The van der Waals surface area contributed by atoms with E-state index in [-0.39, 0.29) is 23.1 Å². The Bertz CT molecular complexity index is 1120. The van der Waals surface area contributed by atoms with Crippen LogP contribution in [0.4, 0.5) is 5.69 Å².